The highest BCUT2D eigenvalue weighted by molar-refractivity contribution is 5.39. The lowest BCUT2D eigenvalue weighted by Crippen LogP contribution is -2.44. The van der Waals surface area contributed by atoms with Crippen LogP contribution in [0.25, 0.3) is 0 Å². The van der Waals surface area contributed by atoms with Crippen LogP contribution in [0.2, 0.25) is 0 Å². The molecule has 1 saturated carbocycles. The van der Waals surface area contributed by atoms with Gasteiger partial charge in [0, 0.05) is 18.0 Å². The van der Waals surface area contributed by atoms with E-state index in [9.17, 15) is 0 Å². The van der Waals surface area contributed by atoms with Gasteiger partial charge in [-0.25, -0.2) is 0 Å². The fraction of sp³-hybridized carbons (Fsp3) is 0.571. The summed E-state index contributed by atoms with van der Waals surface area (Å²) in [6.07, 6.45) is 4.69. The summed E-state index contributed by atoms with van der Waals surface area (Å²) in [5, 5.41) is 0. The molecule has 16 heavy (non-hydrogen) atoms. The van der Waals surface area contributed by atoms with Gasteiger partial charge in [0.05, 0.1) is 0 Å². The van der Waals surface area contributed by atoms with E-state index in [1.807, 2.05) is 12.1 Å². The molecule has 1 heterocycles. The van der Waals surface area contributed by atoms with Crippen LogP contribution in [0.1, 0.15) is 44.2 Å². The summed E-state index contributed by atoms with van der Waals surface area (Å²) >= 11 is 0. The predicted molar refractivity (Wildman–Crippen MR) is 64.4 cm³/mol. The minimum atomic E-state index is 0.0216. The second-order valence-electron chi connectivity index (χ2n) is 5.31. The molecule has 1 aliphatic carbocycles. The molecule has 1 aliphatic heterocycles. The van der Waals surface area contributed by atoms with Crippen molar-refractivity contribution in [1.29, 1.82) is 0 Å². The van der Waals surface area contributed by atoms with Crippen molar-refractivity contribution < 1.29 is 4.74 Å². The van der Waals surface area contributed by atoms with E-state index in [-0.39, 0.29) is 11.6 Å². The molecule has 3 rings (SSSR count). The van der Waals surface area contributed by atoms with Crippen molar-refractivity contribution in [1.82, 2.24) is 0 Å². The van der Waals surface area contributed by atoms with Crippen LogP contribution in [0.3, 0.4) is 0 Å². The number of ether oxygens (including phenoxy) is 1. The van der Waals surface area contributed by atoms with E-state index in [2.05, 4.69) is 19.1 Å². The van der Waals surface area contributed by atoms with E-state index in [0.29, 0.717) is 5.92 Å². The summed E-state index contributed by atoms with van der Waals surface area (Å²) in [5.74, 6) is 1.64. The Morgan fingerprint density at radius 1 is 1.38 bits per heavy atom. The molecule has 1 aromatic rings. The first-order chi connectivity index (χ1) is 7.71. The third-order valence-corrected chi connectivity index (χ3v) is 4.33. The number of hydrogen-bond donors (Lipinski definition) is 1. The molecule has 3 atom stereocenters. The standard InChI is InChI=1S/C14H19NO/c1-10-5-4-8-14(10)9-12(15)11-6-2-3-7-13(11)16-14/h2-3,6-7,10,12H,4-5,8-9,15H2,1H3. The topological polar surface area (TPSA) is 35.2 Å². The lowest BCUT2D eigenvalue weighted by molar-refractivity contribution is 0.00668. The zero-order valence-electron chi connectivity index (χ0n) is 9.78. The van der Waals surface area contributed by atoms with Crippen LogP contribution in [-0.4, -0.2) is 5.60 Å². The van der Waals surface area contributed by atoms with Crippen molar-refractivity contribution in [3.8, 4) is 5.75 Å². The normalized spacial score (nSPS) is 37.1. The minimum Gasteiger partial charge on any atom is -0.487 e. The van der Waals surface area contributed by atoms with Crippen LogP contribution in [-0.2, 0) is 0 Å². The first kappa shape index (κ1) is 10.2. The van der Waals surface area contributed by atoms with Gasteiger partial charge in [-0.3, -0.25) is 0 Å². The summed E-state index contributed by atoms with van der Waals surface area (Å²) in [6.45, 7) is 2.30. The first-order valence-corrected chi connectivity index (χ1v) is 6.25. The molecule has 1 aromatic carbocycles. The molecule has 3 unspecified atom stereocenters. The lowest BCUT2D eigenvalue weighted by atomic mass is 9.81. The zero-order valence-corrected chi connectivity index (χ0v) is 9.78. The predicted octanol–water partition coefficient (Wildman–Crippen LogP) is 3.03. The molecule has 1 spiro atoms. The number of nitrogens with two attached hydrogens (primary N) is 1. The average Bonchev–Trinajstić information content (AvgIpc) is 2.60. The first-order valence-electron chi connectivity index (χ1n) is 6.25. The van der Waals surface area contributed by atoms with Crippen LogP contribution < -0.4 is 10.5 Å². The van der Waals surface area contributed by atoms with E-state index >= 15 is 0 Å². The van der Waals surface area contributed by atoms with E-state index in [4.69, 9.17) is 10.5 Å². The third-order valence-electron chi connectivity index (χ3n) is 4.33. The molecule has 2 heteroatoms. The van der Waals surface area contributed by atoms with Crippen molar-refractivity contribution >= 4 is 0 Å². The Morgan fingerprint density at radius 2 is 2.19 bits per heavy atom. The van der Waals surface area contributed by atoms with Crippen LogP contribution in [0.15, 0.2) is 24.3 Å². The van der Waals surface area contributed by atoms with Crippen molar-refractivity contribution in [2.75, 3.05) is 0 Å². The molecule has 86 valence electrons. The monoisotopic (exact) mass is 217 g/mol. The molecular formula is C14H19NO. The molecule has 1 fully saturated rings. The molecule has 0 aromatic heterocycles. The van der Waals surface area contributed by atoms with Gasteiger partial charge >= 0.3 is 0 Å². The summed E-state index contributed by atoms with van der Waals surface area (Å²) in [6, 6.07) is 8.36. The van der Waals surface area contributed by atoms with Gasteiger partial charge in [-0.05, 0) is 31.2 Å². The quantitative estimate of drug-likeness (QED) is 0.725. The second-order valence-corrected chi connectivity index (χ2v) is 5.31. The van der Waals surface area contributed by atoms with Gasteiger partial charge in [-0.1, -0.05) is 25.1 Å². The molecular weight excluding hydrogens is 198 g/mol. The Hall–Kier alpha value is -1.02. The maximum Gasteiger partial charge on any atom is 0.124 e. The Kier molecular flexibility index (Phi) is 2.21. The number of benzene rings is 1. The Labute approximate surface area is 96.8 Å². The van der Waals surface area contributed by atoms with Gasteiger partial charge in [0.2, 0.25) is 0 Å². The number of hydrogen-bond acceptors (Lipinski definition) is 2. The molecule has 2 aliphatic rings. The summed E-state index contributed by atoms with van der Waals surface area (Å²) in [4.78, 5) is 0. The van der Waals surface area contributed by atoms with Crippen molar-refractivity contribution in [2.24, 2.45) is 11.7 Å². The van der Waals surface area contributed by atoms with Gasteiger partial charge in [-0.2, -0.15) is 0 Å². The highest BCUT2D eigenvalue weighted by atomic mass is 16.5. The summed E-state index contributed by atoms with van der Waals surface area (Å²) in [5.41, 5.74) is 7.48. The van der Waals surface area contributed by atoms with Crippen LogP contribution in [0.5, 0.6) is 5.75 Å². The molecule has 2 nitrogen and oxygen atoms in total. The van der Waals surface area contributed by atoms with Gasteiger partial charge < -0.3 is 10.5 Å². The molecule has 2 N–H and O–H groups in total. The fourth-order valence-corrected chi connectivity index (χ4v) is 3.29. The van der Waals surface area contributed by atoms with E-state index in [0.717, 1.165) is 18.6 Å². The Morgan fingerprint density at radius 3 is 2.94 bits per heavy atom. The van der Waals surface area contributed by atoms with Gasteiger partial charge in [0.25, 0.3) is 0 Å². The van der Waals surface area contributed by atoms with Gasteiger partial charge in [0.15, 0.2) is 0 Å². The smallest absolute Gasteiger partial charge is 0.124 e. The van der Waals surface area contributed by atoms with E-state index in [1.54, 1.807) is 0 Å². The lowest BCUT2D eigenvalue weighted by Gasteiger charge is -2.41. The average molecular weight is 217 g/mol. The summed E-state index contributed by atoms with van der Waals surface area (Å²) in [7, 11) is 0. The SMILES string of the molecule is CC1CCCC12CC(N)c1ccccc1O2. The zero-order chi connectivity index (χ0) is 11.2. The minimum absolute atomic E-state index is 0.0216. The van der Waals surface area contributed by atoms with Gasteiger partial charge in [0.1, 0.15) is 11.4 Å². The molecule has 0 radical (unpaired) electrons. The maximum absolute atomic E-state index is 6.28. The third kappa shape index (κ3) is 1.36. The number of para-hydroxylation sites is 1. The number of rotatable bonds is 0. The van der Waals surface area contributed by atoms with E-state index in [1.165, 1.54) is 18.4 Å². The highest BCUT2D eigenvalue weighted by Gasteiger charge is 2.46. The van der Waals surface area contributed by atoms with Crippen molar-refractivity contribution in [2.45, 2.75) is 44.2 Å². The van der Waals surface area contributed by atoms with Crippen molar-refractivity contribution in [3.63, 3.8) is 0 Å². The molecule has 0 saturated heterocycles. The largest absolute Gasteiger partial charge is 0.487 e. The fourth-order valence-electron chi connectivity index (χ4n) is 3.29. The Bertz CT molecular complexity index is 403. The second kappa shape index (κ2) is 3.49. The summed E-state index contributed by atoms with van der Waals surface area (Å²) < 4.78 is 6.28. The van der Waals surface area contributed by atoms with Gasteiger partial charge in [-0.15, -0.1) is 0 Å². The Balaban J connectivity index is 2.00. The van der Waals surface area contributed by atoms with Crippen LogP contribution in [0.4, 0.5) is 0 Å². The van der Waals surface area contributed by atoms with Crippen LogP contribution in [0, 0.1) is 5.92 Å². The van der Waals surface area contributed by atoms with E-state index < -0.39 is 0 Å². The number of fused-ring (bicyclic) bond motifs is 1. The molecule has 0 amide bonds. The maximum atomic E-state index is 6.28. The van der Waals surface area contributed by atoms with Crippen molar-refractivity contribution in [3.05, 3.63) is 29.8 Å². The van der Waals surface area contributed by atoms with Crippen LogP contribution >= 0.6 is 0 Å². The highest BCUT2D eigenvalue weighted by Crippen LogP contribution is 2.48. The molecule has 0 bridgehead atoms.